The molecule has 0 atom stereocenters. The second-order valence-electron chi connectivity index (χ2n) is 5.06. The zero-order valence-electron chi connectivity index (χ0n) is 11.5. The number of benzene rings is 2. The highest BCUT2D eigenvalue weighted by molar-refractivity contribution is 5.99. The van der Waals surface area contributed by atoms with Crippen molar-refractivity contribution < 1.29 is 14.2 Å². The first-order valence-corrected chi connectivity index (χ1v) is 6.76. The fourth-order valence-electron chi connectivity index (χ4n) is 2.77. The highest BCUT2D eigenvalue weighted by Gasteiger charge is 2.25. The molecule has 4 nitrogen and oxygen atoms in total. The molecule has 1 aliphatic rings. The second kappa shape index (κ2) is 4.38. The summed E-state index contributed by atoms with van der Waals surface area (Å²) in [5.74, 6) is 1.33. The molecule has 4 heteroatoms. The Labute approximate surface area is 121 Å². The summed E-state index contributed by atoms with van der Waals surface area (Å²) in [7, 11) is 0. The normalized spacial score (nSPS) is 12.8. The van der Waals surface area contributed by atoms with E-state index in [1.165, 1.54) is 0 Å². The van der Waals surface area contributed by atoms with Crippen LogP contribution in [0.2, 0.25) is 0 Å². The van der Waals surface area contributed by atoms with Gasteiger partial charge in [0.25, 0.3) is 0 Å². The van der Waals surface area contributed by atoms with Crippen molar-refractivity contribution in [1.29, 1.82) is 0 Å². The van der Waals surface area contributed by atoms with Crippen molar-refractivity contribution in [2.45, 2.75) is 6.92 Å². The first-order valence-electron chi connectivity index (χ1n) is 6.76. The van der Waals surface area contributed by atoms with Crippen LogP contribution in [0.3, 0.4) is 0 Å². The fraction of sp³-hybridized carbons (Fsp3) is 0.118. The van der Waals surface area contributed by atoms with Gasteiger partial charge in [-0.3, -0.25) is 0 Å². The maximum atomic E-state index is 12.6. The van der Waals surface area contributed by atoms with Crippen LogP contribution in [0.15, 0.2) is 48.5 Å². The summed E-state index contributed by atoms with van der Waals surface area (Å²) in [4.78, 5) is 0. The SMILES string of the molecule is Cc1cc2ccc3c(c2c(-c2ccccc2)[n+]1[O-])OCO3. The lowest BCUT2D eigenvalue weighted by atomic mass is 10.0. The minimum Gasteiger partial charge on any atom is -0.618 e. The van der Waals surface area contributed by atoms with Gasteiger partial charge in [-0.05, 0) is 29.7 Å². The van der Waals surface area contributed by atoms with Gasteiger partial charge in [0.05, 0.1) is 0 Å². The predicted molar refractivity (Wildman–Crippen MR) is 79.2 cm³/mol. The second-order valence-corrected chi connectivity index (χ2v) is 5.06. The number of rotatable bonds is 1. The number of aryl methyl sites for hydroxylation is 1. The molecule has 0 N–H and O–H groups in total. The van der Waals surface area contributed by atoms with Crippen LogP contribution < -0.4 is 14.2 Å². The summed E-state index contributed by atoms with van der Waals surface area (Å²) in [5.41, 5.74) is 2.12. The largest absolute Gasteiger partial charge is 0.618 e. The van der Waals surface area contributed by atoms with Crippen molar-refractivity contribution in [3.8, 4) is 22.8 Å². The van der Waals surface area contributed by atoms with Crippen LogP contribution in [0.5, 0.6) is 11.5 Å². The molecule has 0 radical (unpaired) electrons. The average Bonchev–Trinajstić information content (AvgIpc) is 2.98. The first kappa shape index (κ1) is 12.0. The van der Waals surface area contributed by atoms with Crippen molar-refractivity contribution in [2.75, 3.05) is 6.79 Å². The zero-order chi connectivity index (χ0) is 14.4. The third-order valence-electron chi connectivity index (χ3n) is 3.74. The minimum absolute atomic E-state index is 0.190. The van der Waals surface area contributed by atoms with E-state index in [2.05, 4.69) is 0 Å². The molecule has 0 amide bonds. The lowest BCUT2D eigenvalue weighted by Crippen LogP contribution is -2.33. The number of nitrogens with zero attached hydrogens (tertiary/aromatic N) is 1. The van der Waals surface area contributed by atoms with E-state index in [-0.39, 0.29) is 6.79 Å². The van der Waals surface area contributed by atoms with Gasteiger partial charge in [0.1, 0.15) is 5.39 Å². The number of aromatic nitrogens is 1. The van der Waals surface area contributed by atoms with Crippen LogP contribution in [-0.4, -0.2) is 6.79 Å². The summed E-state index contributed by atoms with van der Waals surface area (Å²) in [6.07, 6.45) is 0. The van der Waals surface area contributed by atoms with E-state index in [0.29, 0.717) is 22.9 Å². The van der Waals surface area contributed by atoms with E-state index in [1.807, 2.05) is 55.5 Å². The van der Waals surface area contributed by atoms with E-state index in [9.17, 15) is 5.21 Å². The summed E-state index contributed by atoms with van der Waals surface area (Å²) < 4.78 is 12.0. The Morgan fingerprint density at radius 3 is 2.67 bits per heavy atom. The standard InChI is InChI=1S/C17H13NO3/c1-11-9-13-7-8-14-17(21-10-20-14)15(13)16(18(11)19)12-5-3-2-4-6-12/h2-9H,10H2,1H3. The molecule has 0 fully saturated rings. The molecule has 21 heavy (non-hydrogen) atoms. The van der Waals surface area contributed by atoms with Crippen LogP contribution in [0, 0.1) is 12.1 Å². The third kappa shape index (κ3) is 1.72. The van der Waals surface area contributed by atoms with Crippen LogP contribution in [0.25, 0.3) is 22.0 Å². The van der Waals surface area contributed by atoms with Crippen molar-refractivity contribution >= 4 is 10.8 Å². The van der Waals surface area contributed by atoms with E-state index in [1.54, 1.807) is 0 Å². The Morgan fingerprint density at radius 1 is 1.05 bits per heavy atom. The molecule has 2 aromatic carbocycles. The highest BCUT2D eigenvalue weighted by Crippen LogP contribution is 2.42. The molecule has 0 spiro atoms. The highest BCUT2D eigenvalue weighted by atomic mass is 16.7. The van der Waals surface area contributed by atoms with Gasteiger partial charge in [-0.15, -0.1) is 0 Å². The smallest absolute Gasteiger partial charge is 0.235 e. The molecule has 3 aromatic rings. The molecular weight excluding hydrogens is 266 g/mol. The summed E-state index contributed by atoms with van der Waals surface area (Å²) in [6, 6.07) is 15.3. The van der Waals surface area contributed by atoms with Crippen molar-refractivity contribution in [2.24, 2.45) is 0 Å². The Kier molecular flexibility index (Phi) is 2.51. The summed E-state index contributed by atoms with van der Waals surface area (Å²) in [6.45, 7) is 2.00. The Bertz CT molecular complexity index is 844. The van der Waals surface area contributed by atoms with Gasteiger partial charge in [-0.25, -0.2) is 0 Å². The molecule has 0 bridgehead atoms. The Balaban J connectivity index is 2.17. The average molecular weight is 279 g/mol. The number of hydrogen-bond acceptors (Lipinski definition) is 3. The molecule has 0 saturated carbocycles. The van der Waals surface area contributed by atoms with Crippen LogP contribution in [0.1, 0.15) is 5.69 Å². The number of pyridine rings is 1. The lowest BCUT2D eigenvalue weighted by molar-refractivity contribution is -0.599. The quantitative estimate of drug-likeness (QED) is 0.507. The molecule has 1 aromatic heterocycles. The van der Waals surface area contributed by atoms with Crippen molar-refractivity contribution in [3.05, 3.63) is 59.4 Å². The topological polar surface area (TPSA) is 45.4 Å². The van der Waals surface area contributed by atoms with E-state index >= 15 is 0 Å². The molecule has 2 heterocycles. The first-order chi connectivity index (χ1) is 10.3. The van der Waals surface area contributed by atoms with Crippen LogP contribution in [0.4, 0.5) is 0 Å². The maximum absolute atomic E-state index is 12.6. The minimum atomic E-state index is 0.190. The van der Waals surface area contributed by atoms with Crippen LogP contribution >= 0.6 is 0 Å². The van der Waals surface area contributed by atoms with Crippen molar-refractivity contribution in [3.63, 3.8) is 0 Å². The van der Waals surface area contributed by atoms with Gasteiger partial charge in [0.15, 0.2) is 17.2 Å². The molecule has 4 rings (SSSR count). The van der Waals surface area contributed by atoms with E-state index < -0.39 is 0 Å². The molecule has 1 aliphatic heterocycles. The third-order valence-corrected chi connectivity index (χ3v) is 3.74. The van der Waals surface area contributed by atoms with Crippen LogP contribution in [-0.2, 0) is 0 Å². The maximum Gasteiger partial charge on any atom is 0.235 e. The monoisotopic (exact) mass is 279 g/mol. The Morgan fingerprint density at radius 2 is 1.86 bits per heavy atom. The molecule has 0 aliphatic carbocycles. The Hall–Kier alpha value is -2.75. The summed E-state index contributed by atoms with van der Waals surface area (Å²) in [5, 5.41) is 14.4. The van der Waals surface area contributed by atoms with Crippen molar-refractivity contribution in [1.82, 2.24) is 0 Å². The van der Waals surface area contributed by atoms with Gasteiger partial charge < -0.3 is 14.7 Å². The van der Waals surface area contributed by atoms with Gasteiger partial charge in [0.2, 0.25) is 12.5 Å². The number of fused-ring (bicyclic) bond motifs is 3. The predicted octanol–water partition coefficient (Wildman–Crippen LogP) is 3.18. The summed E-state index contributed by atoms with van der Waals surface area (Å²) >= 11 is 0. The van der Waals surface area contributed by atoms with E-state index in [4.69, 9.17) is 9.47 Å². The molecule has 0 unspecified atom stereocenters. The lowest BCUT2D eigenvalue weighted by Gasteiger charge is -2.12. The molecule has 0 saturated heterocycles. The number of hydrogen-bond donors (Lipinski definition) is 0. The number of ether oxygens (including phenoxy) is 2. The fourth-order valence-corrected chi connectivity index (χ4v) is 2.77. The molecular formula is C17H13NO3. The van der Waals surface area contributed by atoms with Gasteiger partial charge >= 0.3 is 0 Å². The van der Waals surface area contributed by atoms with Gasteiger partial charge in [-0.1, -0.05) is 18.2 Å². The van der Waals surface area contributed by atoms with Gasteiger partial charge in [0, 0.05) is 18.6 Å². The van der Waals surface area contributed by atoms with Gasteiger partial charge in [-0.2, -0.15) is 4.73 Å². The zero-order valence-corrected chi connectivity index (χ0v) is 11.5. The van der Waals surface area contributed by atoms with E-state index in [0.717, 1.165) is 21.1 Å². The molecule has 104 valence electrons.